The molecule has 1 aromatic carbocycles. The summed E-state index contributed by atoms with van der Waals surface area (Å²) in [4.78, 5) is 14.3. The fourth-order valence-electron chi connectivity index (χ4n) is 3.13. The molecule has 1 aliphatic rings. The molecule has 0 unspecified atom stereocenters. The van der Waals surface area contributed by atoms with Crippen LogP contribution in [0.2, 0.25) is 0 Å². The third-order valence-electron chi connectivity index (χ3n) is 4.37. The van der Waals surface area contributed by atoms with Crippen molar-refractivity contribution in [2.45, 2.75) is 58.6 Å². The third kappa shape index (κ3) is 5.18. The lowest BCUT2D eigenvalue weighted by molar-refractivity contribution is 0.0497. The van der Waals surface area contributed by atoms with E-state index >= 15 is 0 Å². The minimum Gasteiger partial charge on any atom is -0.495 e. The zero-order valence-electron chi connectivity index (χ0n) is 16.0. The lowest BCUT2D eigenvalue weighted by atomic mass is 10.0. The number of aryl methyl sites for hydroxylation is 1. The number of alkyl carbamates (subject to hydrolysis) is 1. The summed E-state index contributed by atoms with van der Waals surface area (Å²) in [6.45, 7) is 9.49. The Morgan fingerprint density at radius 3 is 2.48 bits per heavy atom. The van der Waals surface area contributed by atoms with Gasteiger partial charge in [0.1, 0.15) is 11.4 Å². The van der Waals surface area contributed by atoms with E-state index in [-0.39, 0.29) is 12.1 Å². The maximum Gasteiger partial charge on any atom is 0.407 e. The van der Waals surface area contributed by atoms with Gasteiger partial charge in [0.2, 0.25) is 0 Å². The van der Waals surface area contributed by atoms with Crippen LogP contribution < -0.4 is 20.7 Å². The molecule has 0 saturated carbocycles. The fraction of sp³-hybridized carbons (Fsp3) is 0.632. The number of piperidine rings is 1. The molecule has 0 spiro atoms. The Labute approximate surface area is 150 Å². The molecule has 1 aliphatic heterocycles. The Bertz CT molecular complexity index is 603. The number of benzene rings is 1. The van der Waals surface area contributed by atoms with E-state index in [4.69, 9.17) is 15.2 Å². The van der Waals surface area contributed by atoms with Gasteiger partial charge in [0.25, 0.3) is 0 Å². The molecule has 0 bridgehead atoms. The Morgan fingerprint density at radius 1 is 1.32 bits per heavy atom. The van der Waals surface area contributed by atoms with Crippen LogP contribution >= 0.6 is 0 Å². The molecule has 1 heterocycles. The quantitative estimate of drug-likeness (QED) is 0.815. The first kappa shape index (κ1) is 19.2. The molecule has 2 rings (SSSR count). The monoisotopic (exact) mass is 349 g/mol. The molecule has 25 heavy (non-hydrogen) atoms. The molecule has 6 nitrogen and oxygen atoms in total. The fourth-order valence-corrected chi connectivity index (χ4v) is 3.13. The number of nitrogens with zero attached hydrogens (tertiary/aromatic N) is 1. The Kier molecular flexibility index (Phi) is 6.03. The highest BCUT2D eigenvalue weighted by Gasteiger charge is 2.25. The predicted molar refractivity (Wildman–Crippen MR) is 101 cm³/mol. The van der Waals surface area contributed by atoms with Crippen LogP contribution in [0.15, 0.2) is 12.1 Å². The molecule has 140 valence electrons. The largest absolute Gasteiger partial charge is 0.495 e. The summed E-state index contributed by atoms with van der Waals surface area (Å²) in [5.74, 6) is 0.709. The van der Waals surface area contributed by atoms with Gasteiger partial charge < -0.3 is 25.4 Å². The summed E-state index contributed by atoms with van der Waals surface area (Å²) in [6, 6.07) is 4.17. The number of nitrogens with one attached hydrogen (secondary N) is 1. The Balaban J connectivity index is 1.99. The normalized spacial score (nSPS) is 15.8. The lowest BCUT2D eigenvalue weighted by Gasteiger charge is -2.35. The number of nitrogen functional groups attached to an aromatic ring is 1. The number of anilines is 2. The average Bonchev–Trinajstić information content (AvgIpc) is 2.53. The summed E-state index contributed by atoms with van der Waals surface area (Å²) < 4.78 is 10.7. The molecule has 3 N–H and O–H groups in total. The number of carbonyl (C=O) groups is 1. The minimum absolute atomic E-state index is 0.145. The third-order valence-corrected chi connectivity index (χ3v) is 4.37. The number of amides is 1. The van der Waals surface area contributed by atoms with E-state index in [9.17, 15) is 4.79 Å². The van der Waals surface area contributed by atoms with Gasteiger partial charge in [-0.3, -0.25) is 0 Å². The summed E-state index contributed by atoms with van der Waals surface area (Å²) in [6.07, 6.45) is 2.35. The van der Waals surface area contributed by atoms with Crippen molar-refractivity contribution >= 4 is 17.5 Å². The van der Waals surface area contributed by atoms with Crippen molar-refractivity contribution in [3.05, 3.63) is 17.7 Å². The predicted octanol–water partition coefficient (Wildman–Crippen LogP) is 3.33. The maximum atomic E-state index is 11.9. The highest BCUT2D eigenvalue weighted by Crippen LogP contribution is 2.33. The highest BCUT2D eigenvalue weighted by molar-refractivity contribution is 5.69. The van der Waals surface area contributed by atoms with Crippen LogP contribution in [0.5, 0.6) is 5.75 Å². The molecule has 1 aromatic rings. The number of hydrogen-bond donors (Lipinski definition) is 2. The van der Waals surface area contributed by atoms with Crippen molar-refractivity contribution < 1.29 is 14.3 Å². The van der Waals surface area contributed by atoms with Crippen LogP contribution in [0.25, 0.3) is 0 Å². The molecule has 1 amide bonds. The molecule has 0 aromatic heterocycles. The summed E-state index contributed by atoms with van der Waals surface area (Å²) >= 11 is 0. The van der Waals surface area contributed by atoms with E-state index in [1.165, 1.54) is 11.3 Å². The van der Waals surface area contributed by atoms with Gasteiger partial charge in [-0.2, -0.15) is 0 Å². The molecule has 1 saturated heterocycles. The van der Waals surface area contributed by atoms with Gasteiger partial charge in [-0.1, -0.05) is 6.92 Å². The number of hydrogen-bond acceptors (Lipinski definition) is 5. The second kappa shape index (κ2) is 7.85. The van der Waals surface area contributed by atoms with Crippen molar-refractivity contribution in [3.63, 3.8) is 0 Å². The SMILES string of the molecule is CCc1cc(N)c(OC)cc1N1CCC(NC(=O)OC(C)(C)C)CC1. The molecular formula is C19H31N3O3. The van der Waals surface area contributed by atoms with Crippen LogP contribution in [0.3, 0.4) is 0 Å². The van der Waals surface area contributed by atoms with Gasteiger partial charge >= 0.3 is 6.09 Å². The van der Waals surface area contributed by atoms with E-state index in [0.29, 0.717) is 11.4 Å². The summed E-state index contributed by atoms with van der Waals surface area (Å²) in [5.41, 5.74) is 8.62. The Morgan fingerprint density at radius 2 is 1.96 bits per heavy atom. The lowest BCUT2D eigenvalue weighted by Crippen LogP contribution is -2.46. The van der Waals surface area contributed by atoms with Crippen LogP contribution in [-0.4, -0.2) is 37.9 Å². The average molecular weight is 349 g/mol. The second-order valence-electron chi connectivity index (χ2n) is 7.48. The summed E-state index contributed by atoms with van der Waals surface area (Å²) in [7, 11) is 1.64. The maximum absolute atomic E-state index is 11.9. The van der Waals surface area contributed by atoms with Crippen LogP contribution in [0, 0.1) is 0 Å². The van der Waals surface area contributed by atoms with E-state index in [0.717, 1.165) is 32.4 Å². The molecule has 0 atom stereocenters. The number of nitrogens with two attached hydrogens (primary N) is 1. The highest BCUT2D eigenvalue weighted by atomic mass is 16.6. The van der Waals surface area contributed by atoms with E-state index in [1.807, 2.05) is 32.9 Å². The molecule has 6 heteroatoms. The van der Waals surface area contributed by atoms with Gasteiger partial charge in [0, 0.05) is 30.9 Å². The van der Waals surface area contributed by atoms with Gasteiger partial charge in [-0.25, -0.2) is 4.79 Å². The number of rotatable bonds is 4. The minimum atomic E-state index is -0.471. The van der Waals surface area contributed by atoms with Crippen LogP contribution in [-0.2, 0) is 11.2 Å². The zero-order valence-corrected chi connectivity index (χ0v) is 16.0. The molecule has 1 fully saturated rings. The first-order chi connectivity index (χ1) is 11.7. The summed E-state index contributed by atoms with van der Waals surface area (Å²) in [5, 5.41) is 2.98. The Hall–Kier alpha value is -2.11. The van der Waals surface area contributed by atoms with Gasteiger partial charge in [-0.15, -0.1) is 0 Å². The number of methoxy groups -OCH3 is 1. The first-order valence-corrected chi connectivity index (χ1v) is 8.94. The molecule has 0 aliphatic carbocycles. The van der Waals surface area contributed by atoms with Crippen molar-refractivity contribution in [1.29, 1.82) is 0 Å². The van der Waals surface area contributed by atoms with Crippen LogP contribution in [0.1, 0.15) is 46.1 Å². The number of carbonyl (C=O) groups excluding carboxylic acids is 1. The molecule has 0 radical (unpaired) electrons. The standard InChI is InChI=1S/C19H31N3O3/c1-6-13-11-15(20)17(24-5)12-16(13)22-9-7-14(8-10-22)21-18(23)25-19(2,3)4/h11-12,14H,6-10,20H2,1-5H3,(H,21,23). The van der Waals surface area contributed by atoms with Gasteiger partial charge in [-0.05, 0) is 51.7 Å². The topological polar surface area (TPSA) is 76.8 Å². The van der Waals surface area contributed by atoms with E-state index in [2.05, 4.69) is 17.1 Å². The second-order valence-corrected chi connectivity index (χ2v) is 7.48. The van der Waals surface area contributed by atoms with Gasteiger partial charge in [0.05, 0.1) is 12.8 Å². The zero-order chi connectivity index (χ0) is 18.6. The smallest absolute Gasteiger partial charge is 0.407 e. The first-order valence-electron chi connectivity index (χ1n) is 8.94. The van der Waals surface area contributed by atoms with Gasteiger partial charge in [0.15, 0.2) is 0 Å². The number of ether oxygens (including phenoxy) is 2. The van der Waals surface area contributed by atoms with E-state index in [1.54, 1.807) is 7.11 Å². The van der Waals surface area contributed by atoms with E-state index < -0.39 is 5.60 Å². The molecular weight excluding hydrogens is 318 g/mol. The van der Waals surface area contributed by atoms with Crippen molar-refractivity contribution in [1.82, 2.24) is 5.32 Å². The van der Waals surface area contributed by atoms with Crippen LogP contribution in [0.4, 0.5) is 16.2 Å². The van der Waals surface area contributed by atoms with Crippen molar-refractivity contribution in [2.75, 3.05) is 30.8 Å². The van der Waals surface area contributed by atoms with Crippen molar-refractivity contribution in [3.8, 4) is 5.75 Å². The van der Waals surface area contributed by atoms with Crippen molar-refractivity contribution in [2.24, 2.45) is 0 Å².